The number of amides is 1. The van der Waals surface area contributed by atoms with Crippen molar-refractivity contribution in [2.75, 3.05) is 40.0 Å². The van der Waals surface area contributed by atoms with Gasteiger partial charge in [0.05, 0.1) is 0 Å². The molecule has 0 N–H and O–H groups in total. The van der Waals surface area contributed by atoms with Crippen LogP contribution < -0.4 is 9.47 Å². The average Bonchev–Trinajstić information content (AvgIpc) is 3.19. The van der Waals surface area contributed by atoms with Crippen LogP contribution in [-0.4, -0.2) is 55.7 Å². The summed E-state index contributed by atoms with van der Waals surface area (Å²) in [5.41, 5.74) is 1.92. The Morgan fingerprint density at radius 3 is 2.79 bits per heavy atom. The Balaban J connectivity index is 1.50. The van der Waals surface area contributed by atoms with Gasteiger partial charge in [0, 0.05) is 25.2 Å². The molecule has 2 aliphatic heterocycles. The van der Waals surface area contributed by atoms with Gasteiger partial charge in [-0.3, -0.25) is 4.79 Å². The molecule has 0 spiro atoms. The van der Waals surface area contributed by atoms with E-state index in [1.807, 2.05) is 29.2 Å². The third kappa shape index (κ3) is 4.47. The molecule has 5 nitrogen and oxygen atoms in total. The number of carbonyl (C=O) groups excluding carboxylic acids is 1. The zero-order valence-electron chi connectivity index (χ0n) is 16.5. The fourth-order valence-corrected chi connectivity index (χ4v) is 4.13. The minimum absolute atomic E-state index is 0.0717. The maximum atomic E-state index is 13.3. The number of ether oxygens (including phenoxy) is 2. The van der Waals surface area contributed by atoms with Crippen LogP contribution in [0.25, 0.3) is 0 Å². The van der Waals surface area contributed by atoms with Crippen LogP contribution in [0.2, 0.25) is 0 Å². The number of likely N-dealkylation sites (tertiary alicyclic amines) is 1. The van der Waals surface area contributed by atoms with Crippen LogP contribution in [0, 0.1) is 5.92 Å². The molecule has 2 aliphatic rings. The molecule has 0 bridgehead atoms. The number of nitrogens with zero attached hydrogens (tertiary/aromatic N) is 2. The van der Waals surface area contributed by atoms with Crippen molar-refractivity contribution in [3.8, 4) is 11.5 Å². The topological polar surface area (TPSA) is 42.0 Å². The van der Waals surface area contributed by atoms with Crippen LogP contribution in [-0.2, 0) is 6.42 Å². The molecule has 2 aromatic rings. The quantitative estimate of drug-likeness (QED) is 0.770. The van der Waals surface area contributed by atoms with E-state index in [1.54, 1.807) is 0 Å². The predicted octanol–water partition coefficient (Wildman–Crippen LogP) is 3.44. The molecule has 2 heterocycles. The van der Waals surface area contributed by atoms with Gasteiger partial charge in [-0.05, 0) is 62.5 Å². The van der Waals surface area contributed by atoms with Crippen molar-refractivity contribution in [3.05, 3.63) is 59.7 Å². The summed E-state index contributed by atoms with van der Waals surface area (Å²) in [7, 11) is 2.17. The lowest BCUT2D eigenvalue weighted by Gasteiger charge is -2.34. The van der Waals surface area contributed by atoms with Gasteiger partial charge in [0.25, 0.3) is 5.91 Å². The van der Waals surface area contributed by atoms with Crippen LogP contribution in [0.4, 0.5) is 0 Å². The lowest BCUT2D eigenvalue weighted by molar-refractivity contribution is 0.0693. The first kappa shape index (κ1) is 18.8. The smallest absolute Gasteiger partial charge is 0.254 e. The number of carbonyl (C=O) groups is 1. The van der Waals surface area contributed by atoms with Crippen molar-refractivity contribution in [3.63, 3.8) is 0 Å². The minimum atomic E-state index is 0.0717. The molecule has 1 amide bonds. The molecule has 0 aromatic heterocycles. The lowest BCUT2D eigenvalue weighted by atomic mass is 9.97. The highest BCUT2D eigenvalue weighted by Gasteiger charge is 2.25. The molecule has 2 aromatic carbocycles. The zero-order valence-corrected chi connectivity index (χ0v) is 16.5. The van der Waals surface area contributed by atoms with Crippen molar-refractivity contribution < 1.29 is 14.3 Å². The SMILES string of the molecule is CN1CCCC(CN(CCc2ccccc2)C(=O)c2ccc3c(c2)OCO3)C1. The second-order valence-corrected chi connectivity index (χ2v) is 7.83. The Morgan fingerprint density at radius 1 is 1.14 bits per heavy atom. The first-order chi connectivity index (χ1) is 13.7. The highest BCUT2D eigenvalue weighted by atomic mass is 16.7. The van der Waals surface area contributed by atoms with Gasteiger partial charge < -0.3 is 19.3 Å². The van der Waals surface area contributed by atoms with Crippen molar-refractivity contribution in [2.24, 2.45) is 5.92 Å². The molecule has 1 fully saturated rings. The van der Waals surface area contributed by atoms with Crippen LogP contribution >= 0.6 is 0 Å². The van der Waals surface area contributed by atoms with E-state index in [0.29, 0.717) is 23.0 Å². The van der Waals surface area contributed by atoms with Gasteiger partial charge in [-0.1, -0.05) is 30.3 Å². The summed E-state index contributed by atoms with van der Waals surface area (Å²) in [6, 6.07) is 15.9. The van der Waals surface area contributed by atoms with E-state index in [2.05, 4.69) is 36.2 Å². The van der Waals surface area contributed by atoms with Gasteiger partial charge in [0.1, 0.15) is 0 Å². The van der Waals surface area contributed by atoms with E-state index in [0.717, 1.165) is 32.6 Å². The molecule has 148 valence electrons. The average molecular weight is 380 g/mol. The molecule has 1 unspecified atom stereocenters. The van der Waals surface area contributed by atoms with E-state index < -0.39 is 0 Å². The van der Waals surface area contributed by atoms with Crippen molar-refractivity contribution in [2.45, 2.75) is 19.3 Å². The van der Waals surface area contributed by atoms with E-state index in [1.165, 1.54) is 18.4 Å². The number of fused-ring (bicyclic) bond motifs is 1. The summed E-state index contributed by atoms with van der Waals surface area (Å²) in [4.78, 5) is 17.7. The molecule has 1 saturated heterocycles. The third-order valence-corrected chi connectivity index (χ3v) is 5.62. The Bertz CT molecular complexity index is 809. The van der Waals surface area contributed by atoms with Gasteiger partial charge in [0.2, 0.25) is 6.79 Å². The van der Waals surface area contributed by atoms with E-state index in [4.69, 9.17) is 9.47 Å². The first-order valence-electron chi connectivity index (χ1n) is 10.1. The fourth-order valence-electron chi connectivity index (χ4n) is 4.13. The summed E-state index contributed by atoms with van der Waals surface area (Å²) in [5, 5.41) is 0. The van der Waals surface area contributed by atoms with Crippen molar-refractivity contribution in [1.82, 2.24) is 9.80 Å². The molecule has 0 radical (unpaired) electrons. The summed E-state index contributed by atoms with van der Waals surface area (Å²) >= 11 is 0. The number of piperidine rings is 1. The number of hydrogen-bond acceptors (Lipinski definition) is 4. The number of benzene rings is 2. The second kappa shape index (κ2) is 8.65. The second-order valence-electron chi connectivity index (χ2n) is 7.83. The normalized spacial score (nSPS) is 18.8. The zero-order chi connectivity index (χ0) is 19.3. The van der Waals surface area contributed by atoms with Crippen LogP contribution in [0.1, 0.15) is 28.8 Å². The first-order valence-corrected chi connectivity index (χ1v) is 10.1. The number of hydrogen-bond donors (Lipinski definition) is 0. The molecular weight excluding hydrogens is 352 g/mol. The fraction of sp³-hybridized carbons (Fsp3) is 0.435. The molecule has 1 atom stereocenters. The van der Waals surface area contributed by atoms with E-state index >= 15 is 0 Å². The molecule has 5 heteroatoms. The van der Waals surface area contributed by atoms with Crippen molar-refractivity contribution >= 4 is 5.91 Å². The van der Waals surface area contributed by atoms with Gasteiger partial charge in [-0.25, -0.2) is 0 Å². The Kier molecular flexibility index (Phi) is 5.81. The largest absolute Gasteiger partial charge is 0.454 e. The third-order valence-electron chi connectivity index (χ3n) is 5.62. The Hall–Kier alpha value is -2.53. The number of rotatable bonds is 6. The van der Waals surface area contributed by atoms with Crippen molar-refractivity contribution in [1.29, 1.82) is 0 Å². The van der Waals surface area contributed by atoms with Gasteiger partial charge in [0.15, 0.2) is 11.5 Å². The molecule has 0 aliphatic carbocycles. The molecule has 4 rings (SSSR count). The van der Waals surface area contributed by atoms with Gasteiger partial charge in [-0.15, -0.1) is 0 Å². The summed E-state index contributed by atoms with van der Waals surface area (Å²) in [6.07, 6.45) is 3.24. The summed E-state index contributed by atoms with van der Waals surface area (Å²) in [6.45, 7) is 3.94. The summed E-state index contributed by atoms with van der Waals surface area (Å²) < 4.78 is 10.8. The highest BCUT2D eigenvalue weighted by molar-refractivity contribution is 5.95. The van der Waals surface area contributed by atoms with Crippen LogP contribution in [0.3, 0.4) is 0 Å². The van der Waals surface area contributed by atoms with E-state index in [-0.39, 0.29) is 12.7 Å². The highest BCUT2D eigenvalue weighted by Crippen LogP contribution is 2.33. The predicted molar refractivity (Wildman–Crippen MR) is 109 cm³/mol. The molecule has 0 saturated carbocycles. The molecule has 28 heavy (non-hydrogen) atoms. The van der Waals surface area contributed by atoms with Crippen LogP contribution in [0.5, 0.6) is 11.5 Å². The van der Waals surface area contributed by atoms with Gasteiger partial charge >= 0.3 is 0 Å². The standard InChI is InChI=1S/C23H28N2O3/c1-24-12-5-8-19(15-24)16-25(13-11-18-6-3-2-4-7-18)23(26)20-9-10-21-22(14-20)28-17-27-21/h2-4,6-7,9-10,14,19H,5,8,11-13,15-17H2,1H3. The summed E-state index contributed by atoms with van der Waals surface area (Å²) in [5.74, 6) is 1.96. The Morgan fingerprint density at radius 2 is 1.96 bits per heavy atom. The maximum Gasteiger partial charge on any atom is 0.254 e. The van der Waals surface area contributed by atoms with E-state index in [9.17, 15) is 4.79 Å². The molecular formula is C23H28N2O3. The lowest BCUT2D eigenvalue weighted by Crippen LogP contribution is -2.42. The van der Waals surface area contributed by atoms with Gasteiger partial charge in [-0.2, -0.15) is 0 Å². The minimum Gasteiger partial charge on any atom is -0.454 e. The maximum absolute atomic E-state index is 13.3. The van der Waals surface area contributed by atoms with Crippen LogP contribution in [0.15, 0.2) is 48.5 Å². The monoisotopic (exact) mass is 380 g/mol. The Labute approximate surface area is 166 Å².